The molecule has 0 bridgehead atoms. The van der Waals surface area contributed by atoms with Gasteiger partial charge in [-0.05, 0) is 25.8 Å². The molecule has 1 aromatic heterocycles. The third-order valence-electron chi connectivity index (χ3n) is 3.07. The summed E-state index contributed by atoms with van der Waals surface area (Å²) in [5.74, 6) is 0.800. The molecule has 0 radical (unpaired) electrons. The minimum absolute atomic E-state index is 0.557. The summed E-state index contributed by atoms with van der Waals surface area (Å²) in [7, 11) is 0. The highest BCUT2D eigenvalue weighted by Crippen LogP contribution is 2.32. The molecule has 1 saturated heterocycles. The molecule has 5 nitrogen and oxygen atoms in total. The van der Waals surface area contributed by atoms with Crippen LogP contribution in [0.5, 0.6) is 0 Å². The van der Waals surface area contributed by atoms with Gasteiger partial charge in [-0.25, -0.2) is 4.98 Å². The van der Waals surface area contributed by atoms with Crippen molar-refractivity contribution in [2.75, 3.05) is 18.0 Å². The quantitative estimate of drug-likeness (QED) is 0.764. The summed E-state index contributed by atoms with van der Waals surface area (Å²) in [4.78, 5) is 6.66. The van der Waals surface area contributed by atoms with Crippen LogP contribution in [0.1, 0.15) is 19.3 Å². The Morgan fingerprint density at radius 1 is 1.20 bits per heavy atom. The predicted octanol–water partition coefficient (Wildman–Crippen LogP) is 0.202. The SMILES string of the molecule is c1cnc(N(C2CC2)C2CCNC2)nn1. The summed E-state index contributed by atoms with van der Waals surface area (Å²) >= 11 is 0. The fourth-order valence-corrected chi connectivity index (χ4v) is 2.21. The smallest absolute Gasteiger partial charge is 0.245 e. The maximum absolute atomic E-state index is 4.31. The van der Waals surface area contributed by atoms with E-state index in [9.17, 15) is 0 Å². The zero-order valence-corrected chi connectivity index (χ0v) is 8.63. The maximum Gasteiger partial charge on any atom is 0.245 e. The van der Waals surface area contributed by atoms with E-state index >= 15 is 0 Å². The fourth-order valence-electron chi connectivity index (χ4n) is 2.21. The Hall–Kier alpha value is -1.23. The Labute approximate surface area is 88.9 Å². The standard InChI is InChI=1S/C10H15N5/c1-2-8(1)15(9-3-4-11-7-9)10-12-5-6-13-14-10/h5-6,8-9,11H,1-4,7H2. The zero-order chi connectivity index (χ0) is 10.1. The van der Waals surface area contributed by atoms with Gasteiger partial charge in [-0.3, -0.25) is 0 Å². The lowest BCUT2D eigenvalue weighted by molar-refractivity contribution is 0.606. The molecule has 15 heavy (non-hydrogen) atoms. The third-order valence-corrected chi connectivity index (χ3v) is 3.07. The Kier molecular flexibility index (Phi) is 2.25. The molecule has 3 rings (SSSR count). The lowest BCUT2D eigenvalue weighted by atomic mass is 10.2. The topological polar surface area (TPSA) is 53.9 Å². The molecule has 80 valence electrons. The van der Waals surface area contributed by atoms with Crippen LogP contribution in [0.25, 0.3) is 0 Å². The van der Waals surface area contributed by atoms with Gasteiger partial charge in [-0.2, -0.15) is 5.10 Å². The van der Waals surface area contributed by atoms with Crippen LogP contribution in [0, 0.1) is 0 Å². The second kappa shape index (κ2) is 3.73. The van der Waals surface area contributed by atoms with Gasteiger partial charge < -0.3 is 10.2 Å². The molecule has 0 amide bonds. The van der Waals surface area contributed by atoms with E-state index in [-0.39, 0.29) is 0 Å². The van der Waals surface area contributed by atoms with E-state index in [1.807, 2.05) is 0 Å². The van der Waals surface area contributed by atoms with E-state index in [1.165, 1.54) is 19.3 Å². The van der Waals surface area contributed by atoms with E-state index < -0.39 is 0 Å². The van der Waals surface area contributed by atoms with Crippen LogP contribution in [0.15, 0.2) is 12.4 Å². The van der Waals surface area contributed by atoms with Crippen molar-refractivity contribution < 1.29 is 0 Å². The normalized spacial score (nSPS) is 25.5. The van der Waals surface area contributed by atoms with Crippen LogP contribution in [0.4, 0.5) is 5.95 Å². The predicted molar refractivity (Wildman–Crippen MR) is 56.6 cm³/mol. The van der Waals surface area contributed by atoms with Crippen LogP contribution in [-0.2, 0) is 0 Å². The minimum Gasteiger partial charge on any atom is -0.332 e. The molecule has 1 unspecified atom stereocenters. The minimum atomic E-state index is 0.557. The fraction of sp³-hybridized carbons (Fsp3) is 0.700. The van der Waals surface area contributed by atoms with Crippen molar-refractivity contribution in [3.63, 3.8) is 0 Å². The number of hydrogen-bond donors (Lipinski definition) is 1. The number of rotatable bonds is 3. The van der Waals surface area contributed by atoms with E-state index in [1.54, 1.807) is 12.4 Å². The molecular formula is C10H15N5. The van der Waals surface area contributed by atoms with Gasteiger partial charge in [0.2, 0.25) is 5.95 Å². The molecule has 5 heteroatoms. The molecule has 2 aliphatic rings. The van der Waals surface area contributed by atoms with Gasteiger partial charge in [-0.15, -0.1) is 5.10 Å². The van der Waals surface area contributed by atoms with Crippen molar-refractivity contribution in [1.82, 2.24) is 20.5 Å². The first-order valence-electron chi connectivity index (χ1n) is 5.58. The van der Waals surface area contributed by atoms with Gasteiger partial charge in [0, 0.05) is 18.6 Å². The summed E-state index contributed by atoms with van der Waals surface area (Å²) in [6.07, 6.45) is 7.08. The molecule has 0 spiro atoms. The Balaban J connectivity index is 1.84. The number of nitrogens with one attached hydrogen (secondary N) is 1. The van der Waals surface area contributed by atoms with Crippen molar-refractivity contribution in [1.29, 1.82) is 0 Å². The Bertz CT molecular complexity index is 318. The zero-order valence-electron chi connectivity index (χ0n) is 8.63. The van der Waals surface area contributed by atoms with E-state index in [0.29, 0.717) is 12.1 Å². The van der Waals surface area contributed by atoms with Gasteiger partial charge in [0.15, 0.2) is 0 Å². The lowest BCUT2D eigenvalue weighted by Crippen LogP contribution is -2.40. The van der Waals surface area contributed by atoms with Gasteiger partial charge >= 0.3 is 0 Å². The van der Waals surface area contributed by atoms with Gasteiger partial charge in [0.1, 0.15) is 0 Å². The molecule has 2 fully saturated rings. The second-order valence-electron chi connectivity index (χ2n) is 4.23. The monoisotopic (exact) mass is 205 g/mol. The summed E-state index contributed by atoms with van der Waals surface area (Å²) in [6, 6.07) is 1.21. The van der Waals surface area contributed by atoms with Crippen LogP contribution in [0.3, 0.4) is 0 Å². The molecule has 1 aliphatic carbocycles. The Morgan fingerprint density at radius 3 is 2.73 bits per heavy atom. The molecule has 1 atom stereocenters. The number of hydrogen-bond acceptors (Lipinski definition) is 5. The molecule has 2 heterocycles. The van der Waals surface area contributed by atoms with Crippen LogP contribution < -0.4 is 10.2 Å². The first kappa shape index (κ1) is 9.03. The summed E-state index contributed by atoms with van der Waals surface area (Å²) in [6.45, 7) is 2.16. The molecule has 1 aliphatic heterocycles. The maximum atomic E-state index is 4.31. The van der Waals surface area contributed by atoms with Crippen molar-refractivity contribution in [3.8, 4) is 0 Å². The highest BCUT2D eigenvalue weighted by Gasteiger charge is 2.36. The number of anilines is 1. The molecule has 0 aromatic carbocycles. The average Bonchev–Trinajstić information content (AvgIpc) is 2.96. The summed E-state index contributed by atoms with van der Waals surface area (Å²) in [5, 5.41) is 11.4. The number of nitrogens with zero attached hydrogens (tertiary/aromatic N) is 4. The van der Waals surface area contributed by atoms with Crippen molar-refractivity contribution in [3.05, 3.63) is 12.4 Å². The Morgan fingerprint density at radius 2 is 2.13 bits per heavy atom. The van der Waals surface area contributed by atoms with Gasteiger partial charge in [0.05, 0.1) is 12.4 Å². The third kappa shape index (κ3) is 1.79. The van der Waals surface area contributed by atoms with E-state index in [0.717, 1.165) is 19.0 Å². The molecule has 1 aromatic rings. The largest absolute Gasteiger partial charge is 0.332 e. The van der Waals surface area contributed by atoms with Crippen molar-refractivity contribution in [2.24, 2.45) is 0 Å². The lowest BCUT2D eigenvalue weighted by Gasteiger charge is -2.27. The van der Waals surface area contributed by atoms with Crippen LogP contribution >= 0.6 is 0 Å². The first-order chi connectivity index (χ1) is 7.45. The first-order valence-corrected chi connectivity index (χ1v) is 5.58. The summed E-state index contributed by atoms with van der Waals surface area (Å²) in [5.41, 5.74) is 0. The molecule has 1 N–H and O–H groups in total. The molecular weight excluding hydrogens is 190 g/mol. The van der Waals surface area contributed by atoms with Gasteiger partial charge in [0.25, 0.3) is 0 Å². The summed E-state index contributed by atoms with van der Waals surface area (Å²) < 4.78 is 0. The average molecular weight is 205 g/mol. The van der Waals surface area contributed by atoms with Crippen LogP contribution in [0.2, 0.25) is 0 Å². The van der Waals surface area contributed by atoms with Crippen LogP contribution in [-0.4, -0.2) is 40.4 Å². The van der Waals surface area contributed by atoms with E-state index in [2.05, 4.69) is 25.4 Å². The van der Waals surface area contributed by atoms with Crippen molar-refractivity contribution in [2.45, 2.75) is 31.3 Å². The number of aromatic nitrogens is 3. The van der Waals surface area contributed by atoms with Crippen molar-refractivity contribution >= 4 is 5.95 Å². The molecule has 1 saturated carbocycles. The second-order valence-corrected chi connectivity index (χ2v) is 4.23. The van der Waals surface area contributed by atoms with Gasteiger partial charge in [-0.1, -0.05) is 0 Å². The highest BCUT2D eigenvalue weighted by molar-refractivity contribution is 5.35. The highest BCUT2D eigenvalue weighted by atomic mass is 15.4. The van der Waals surface area contributed by atoms with E-state index in [4.69, 9.17) is 0 Å².